The predicted molar refractivity (Wildman–Crippen MR) is 118 cm³/mol. The summed E-state index contributed by atoms with van der Waals surface area (Å²) in [6.45, 7) is 3.72. The second-order valence-electron chi connectivity index (χ2n) is 8.24. The Kier molecular flexibility index (Phi) is 6.14. The van der Waals surface area contributed by atoms with Crippen LogP contribution in [-0.4, -0.2) is 39.3 Å². The minimum Gasteiger partial charge on any atom is -0.846 e. The summed E-state index contributed by atoms with van der Waals surface area (Å²) in [6, 6.07) is 9.12. The standard InChI is InChI=1S/C23H20F3N7O3/c1-14-9-33(18-12-35-13-18)30-21(14)16-4-2-15(3-5-16)10-32-11-20(36-31-32)29-22(34)28-17-6-7-27-19(8-17)23(24,25)26/h2-9,11,18H,10,12-13H2,1H3,(H-,27,28,29,31,34). The van der Waals surface area contributed by atoms with E-state index in [1.54, 1.807) is 0 Å². The first-order valence-electron chi connectivity index (χ1n) is 10.9. The van der Waals surface area contributed by atoms with Gasteiger partial charge in [0.25, 0.3) is 6.20 Å². The van der Waals surface area contributed by atoms with Gasteiger partial charge in [-0.2, -0.15) is 18.3 Å². The zero-order valence-electron chi connectivity index (χ0n) is 18.9. The van der Waals surface area contributed by atoms with Crippen LogP contribution in [0.2, 0.25) is 0 Å². The normalized spacial score (nSPS) is 14.6. The van der Waals surface area contributed by atoms with E-state index in [0.717, 1.165) is 28.6 Å². The van der Waals surface area contributed by atoms with Crippen LogP contribution in [0.5, 0.6) is 0 Å². The lowest BCUT2D eigenvalue weighted by molar-refractivity contribution is -0.754. The molecular weight excluding hydrogens is 479 g/mol. The number of nitrogens with zero attached hydrogens (tertiary/aromatic N) is 6. The number of hydrogen-bond donors (Lipinski definition) is 1. The summed E-state index contributed by atoms with van der Waals surface area (Å²) in [7, 11) is 0. The van der Waals surface area contributed by atoms with Crippen molar-refractivity contribution in [2.24, 2.45) is 4.99 Å². The first kappa shape index (κ1) is 23.5. The van der Waals surface area contributed by atoms with Crippen LogP contribution in [0.15, 0.2) is 64.5 Å². The van der Waals surface area contributed by atoms with Gasteiger partial charge >= 0.3 is 12.1 Å². The number of hydrogen-bond acceptors (Lipinski definition) is 7. The Morgan fingerprint density at radius 1 is 1.25 bits per heavy atom. The molecule has 0 unspecified atom stereocenters. The molecule has 36 heavy (non-hydrogen) atoms. The molecule has 1 N–H and O–H groups in total. The molecule has 0 saturated carbocycles. The van der Waals surface area contributed by atoms with E-state index in [2.05, 4.69) is 25.7 Å². The number of halogens is 3. The highest BCUT2D eigenvalue weighted by atomic mass is 19.4. The van der Waals surface area contributed by atoms with Crippen LogP contribution in [0, 0.1) is 6.92 Å². The van der Waals surface area contributed by atoms with Gasteiger partial charge < -0.3 is 15.2 Å². The van der Waals surface area contributed by atoms with Crippen molar-refractivity contribution in [3.05, 3.63) is 71.8 Å². The van der Waals surface area contributed by atoms with Gasteiger partial charge in [0.15, 0.2) is 0 Å². The van der Waals surface area contributed by atoms with Gasteiger partial charge in [-0.1, -0.05) is 24.3 Å². The Morgan fingerprint density at radius 2 is 2.03 bits per heavy atom. The number of aliphatic imine (C=N–C) groups is 1. The van der Waals surface area contributed by atoms with Gasteiger partial charge in [0.1, 0.15) is 5.69 Å². The van der Waals surface area contributed by atoms with Gasteiger partial charge in [-0.15, -0.1) is 0 Å². The maximum absolute atomic E-state index is 12.8. The highest BCUT2D eigenvalue weighted by Crippen LogP contribution is 2.29. The van der Waals surface area contributed by atoms with E-state index < -0.39 is 17.9 Å². The SMILES string of the molecule is Cc1cn(C2COC2)nc1-c1ccc(C[n+]2cc(N=C([O-])Nc3ccnc(C(F)(F)F)c3)on2)cc1. The van der Waals surface area contributed by atoms with Crippen LogP contribution in [0.4, 0.5) is 24.7 Å². The molecule has 4 heterocycles. The second-order valence-corrected chi connectivity index (χ2v) is 8.24. The quantitative estimate of drug-likeness (QED) is 0.246. The highest BCUT2D eigenvalue weighted by molar-refractivity contribution is 5.86. The molecule has 4 aromatic rings. The fourth-order valence-electron chi connectivity index (χ4n) is 3.59. The zero-order chi connectivity index (χ0) is 25.3. The summed E-state index contributed by atoms with van der Waals surface area (Å²) in [4.78, 5) is 6.92. The maximum atomic E-state index is 12.8. The second kappa shape index (κ2) is 9.41. The fourth-order valence-corrected chi connectivity index (χ4v) is 3.59. The van der Waals surface area contributed by atoms with Gasteiger partial charge in [-0.25, -0.2) is 4.99 Å². The Labute approximate surface area is 202 Å². The van der Waals surface area contributed by atoms with Crippen LogP contribution in [0.25, 0.3) is 11.3 Å². The maximum Gasteiger partial charge on any atom is 0.433 e. The largest absolute Gasteiger partial charge is 0.846 e. The molecule has 10 nitrogen and oxygen atoms in total. The number of anilines is 1. The molecule has 0 bridgehead atoms. The van der Waals surface area contributed by atoms with Crippen molar-refractivity contribution < 1.29 is 32.2 Å². The molecule has 1 fully saturated rings. The van der Waals surface area contributed by atoms with E-state index in [-0.39, 0.29) is 17.6 Å². The average molecular weight is 499 g/mol. The molecule has 3 aromatic heterocycles. The van der Waals surface area contributed by atoms with Gasteiger partial charge in [-0.05, 0) is 29.3 Å². The number of amidine groups is 1. The fraction of sp³-hybridized carbons (Fsp3) is 0.261. The highest BCUT2D eigenvalue weighted by Gasteiger charge is 2.32. The molecular formula is C23H20F3N7O3. The van der Waals surface area contributed by atoms with Crippen LogP contribution < -0.4 is 15.1 Å². The van der Waals surface area contributed by atoms with E-state index in [4.69, 9.17) is 9.26 Å². The lowest BCUT2D eigenvalue weighted by Crippen LogP contribution is -2.35. The lowest BCUT2D eigenvalue weighted by Gasteiger charge is -2.25. The van der Waals surface area contributed by atoms with E-state index in [1.807, 2.05) is 42.1 Å². The van der Waals surface area contributed by atoms with Crippen molar-refractivity contribution in [1.82, 2.24) is 20.0 Å². The Balaban J connectivity index is 1.23. The number of nitrogens with one attached hydrogen (secondary N) is 1. The zero-order valence-corrected chi connectivity index (χ0v) is 18.9. The molecule has 13 heteroatoms. The molecule has 1 aliphatic heterocycles. The van der Waals surface area contributed by atoms with Gasteiger partial charge in [0.2, 0.25) is 11.8 Å². The molecule has 0 atom stereocenters. The first-order valence-corrected chi connectivity index (χ1v) is 10.9. The van der Waals surface area contributed by atoms with Gasteiger partial charge in [0.05, 0.1) is 31.0 Å². The smallest absolute Gasteiger partial charge is 0.433 e. The average Bonchev–Trinajstić information content (AvgIpc) is 3.38. The Hall–Kier alpha value is -4.26. The lowest BCUT2D eigenvalue weighted by atomic mass is 10.1. The Bertz CT molecular complexity index is 1390. The third-order valence-electron chi connectivity index (χ3n) is 5.49. The number of aromatic nitrogens is 5. The Morgan fingerprint density at radius 3 is 2.72 bits per heavy atom. The van der Waals surface area contributed by atoms with E-state index in [9.17, 15) is 18.3 Å². The van der Waals surface area contributed by atoms with Crippen molar-refractivity contribution >= 4 is 17.6 Å². The summed E-state index contributed by atoms with van der Waals surface area (Å²) in [5.41, 5.74) is 2.67. The minimum absolute atomic E-state index is 0.0975. The molecule has 0 radical (unpaired) electrons. The first-order chi connectivity index (χ1) is 17.2. The third-order valence-corrected chi connectivity index (χ3v) is 5.49. The molecule has 5 rings (SSSR count). The van der Waals surface area contributed by atoms with Gasteiger partial charge in [-0.3, -0.25) is 14.2 Å². The summed E-state index contributed by atoms with van der Waals surface area (Å²) < 4.78 is 52.0. The van der Waals surface area contributed by atoms with Crippen molar-refractivity contribution in [2.45, 2.75) is 25.7 Å². The predicted octanol–water partition coefficient (Wildman–Crippen LogP) is 2.63. The number of rotatable bonds is 6. The molecule has 1 aliphatic rings. The van der Waals surface area contributed by atoms with Crippen LogP contribution in [0.1, 0.15) is 22.9 Å². The number of alkyl halides is 3. The number of benzene rings is 1. The minimum atomic E-state index is -4.63. The van der Waals surface area contributed by atoms with Crippen molar-refractivity contribution in [1.29, 1.82) is 0 Å². The summed E-state index contributed by atoms with van der Waals surface area (Å²) in [5.74, 6) is -0.102. The molecule has 0 amide bonds. The molecule has 0 aliphatic carbocycles. The summed E-state index contributed by atoms with van der Waals surface area (Å²) >= 11 is 0. The summed E-state index contributed by atoms with van der Waals surface area (Å²) in [6.07, 6.45) is -0.249. The molecule has 0 spiro atoms. The molecule has 186 valence electrons. The topological polar surface area (TPSA) is 117 Å². The van der Waals surface area contributed by atoms with E-state index >= 15 is 0 Å². The number of ether oxygens (including phenoxy) is 1. The van der Waals surface area contributed by atoms with Crippen LogP contribution in [0.3, 0.4) is 0 Å². The van der Waals surface area contributed by atoms with Gasteiger partial charge in [0, 0.05) is 29.2 Å². The van der Waals surface area contributed by atoms with E-state index in [1.165, 1.54) is 16.9 Å². The van der Waals surface area contributed by atoms with Crippen LogP contribution >= 0.6 is 0 Å². The molecule has 1 aromatic carbocycles. The van der Waals surface area contributed by atoms with Crippen LogP contribution in [-0.2, 0) is 17.5 Å². The van der Waals surface area contributed by atoms with Crippen molar-refractivity contribution in [3.63, 3.8) is 0 Å². The third kappa shape index (κ3) is 5.20. The van der Waals surface area contributed by atoms with Crippen molar-refractivity contribution in [2.75, 3.05) is 18.5 Å². The van der Waals surface area contributed by atoms with Crippen molar-refractivity contribution in [3.8, 4) is 11.3 Å². The van der Waals surface area contributed by atoms with E-state index in [0.29, 0.717) is 25.8 Å². The molecule has 1 saturated heterocycles. The number of aryl methyl sites for hydroxylation is 1. The monoisotopic (exact) mass is 499 g/mol. The number of pyridine rings is 1. The summed E-state index contributed by atoms with van der Waals surface area (Å²) in [5, 5.41) is 22.9.